The minimum atomic E-state index is -0.0229. The molecule has 1 heterocycles. The quantitative estimate of drug-likeness (QED) is 0.834. The van der Waals surface area contributed by atoms with Crippen molar-refractivity contribution >= 4 is 17.6 Å². The molecule has 6 rings (SSSR count). The molecular formula is C23H31N3O2. The predicted molar refractivity (Wildman–Crippen MR) is 109 cm³/mol. The highest BCUT2D eigenvalue weighted by atomic mass is 16.2. The van der Waals surface area contributed by atoms with Crippen molar-refractivity contribution in [3.8, 4) is 0 Å². The van der Waals surface area contributed by atoms with E-state index in [4.69, 9.17) is 0 Å². The van der Waals surface area contributed by atoms with Crippen LogP contribution < -0.4 is 15.5 Å². The van der Waals surface area contributed by atoms with Gasteiger partial charge in [0.05, 0.1) is 0 Å². The average molecular weight is 382 g/mol. The van der Waals surface area contributed by atoms with Gasteiger partial charge in [0.15, 0.2) is 0 Å². The fourth-order valence-electron chi connectivity index (χ4n) is 6.75. The molecule has 0 saturated heterocycles. The number of amides is 3. The highest BCUT2D eigenvalue weighted by molar-refractivity contribution is 5.95. The molecule has 0 aromatic heterocycles. The van der Waals surface area contributed by atoms with Crippen molar-refractivity contribution < 1.29 is 9.59 Å². The first kappa shape index (κ1) is 18.0. The summed E-state index contributed by atoms with van der Waals surface area (Å²) in [6, 6.07) is 6.18. The molecule has 0 unspecified atom stereocenters. The van der Waals surface area contributed by atoms with Crippen molar-refractivity contribution in [3.05, 3.63) is 29.3 Å². The summed E-state index contributed by atoms with van der Waals surface area (Å²) in [7, 11) is 0. The Morgan fingerprint density at radius 1 is 1.11 bits per heavy atom. The Morgan fingerprint density at radius 3 is 2.43 bits per heavy atom. The van der Waals surface area contributed by atoms with Gasteiger partial charge in [0.25, 0.3) is 0 Å². The normalized spacial score (nSPS) is 32.3. The third kappa shape index (κ3) is 3.19. The lowest BCUT2D eigenvalue weighted by Crippen LogP contribution is -2.61. The molecule has 0 spiro atoms. The Kier molecular flexibility index (Phi) is 4.37. The third-order valence-corrected chi connectivity index (χ3v) is 7.51. The number of anilines is 1. The van der Waals surface area contributed by atoms with Gasteiger partial charge in [0.2, 0.25) is 5.91 Å². The molecule has 1 aromatic rings. The molecule has 2 N–H and O–H groups in total. The van der Waals surface area contributed by atoms with E-state index in [0.29, 0.717) is 13.0 Å². The molecule has 5 aliphatic rings. The molecule has 150 valence electrons. The molecule has 28 heavy (non-hydrogen) atoms. The Hall–Kier alpha value is -2.04. The molecule has 5 nitrogen and oxygen atoms in total. The Morgan fingerprint density at radius 2 is 1.79 bits per heavy atom. The molecule has 4 saturated carbocycles. The second-order valence-corrected chi connectivity index (χ2v) is 9.62. The van der Waals surface area contributed by atoms with Gasteiger partial charge in [-0.2, -0.15) is 0 Å². The molecule has 5 heteroatoms. The SMILES string of the molecule is CCC(=O)N1CCc2cc(CNC(=O)NC34CC5CC(CC(C5)C3)C4)ccc21. The van der Waals surface area contributed by atoms with E-state index in [1.807, 2.05) is 24.0 Å². The van der Waals surface area contributed by atoms with Crippen molar-refractivity contribution in [2.24, 2.45) is 17.8 Å². The lowest BCUT2D eigenvalue weighted by atomic mass is 9.53. The van der Waals surface area contributed by atoms with E-state index in [1.54, 1.807) is 0 Å². The molecule has 0 radical (unpaired) electrons. The second-order valence-electron chi connectivity index (χ2n) is 9.62. The molecule has 1 aromatic carbocycles. The van der Waals surface area contributed by atoms with Crippen LogP contribution in [0.3, 0.4) is 0 Å². The first-order valence-electron chi connectivity index (χ1n) is 11.0. The zero-order chi connectivity index (χ0) is 19.3. The number of nitrogens with one attached hydrogen (secondary N) is 2. The fraction of sp³-hybridized carbons (Fsp3) is 0.652. The topological polar surface area (TPSA) is 61.4 Å². The Labute approximate surface area is 167 Å². The van der Waals surface area contributed by atoms with E-state index in [1.165, 1.54) is 44.1 Å². The molecular weight excluding hydrogens is 350 g/mol. The number of carbonyl (C=O) groups is 2. The van der Waals surface area contributed by atoms with Crippen LogP contribution in [0.1, 0.15) is 63.0 Å². The average Bonchev–Trinajstić information content (AvgIpc) is 3.07. The van der Waals surface area contributed by atoms with Crippen LogP contribution in [0.2, 0.25) is 0 Å². The van der Waals surface area contributed by atoms with E-state index < -0.39 is 0 Å². The monoisotopic (exact) mass is 381 g/mol. The number of nitrogens with zero attached hydrogens (tertiary/aromatic N) is 1. The summed E-state index contributed by atoms with van der Waals surface area (Å²) in [5, 5.41) is 6.45. The van der Waals surface area contributed by atoms with Gasteiger partial charge in [-0.25, -0.2) is 4.79 Å². The number of fused-ring (bicyclic) bond motifs is 1. The summed E-state index contributed by atoms with van der Waals surface area (Å²) >= 11 is 0. The summed E-state index contributed by atoms with van der Waals surface area (Å²) in [6.07, 6.45) is 9.10. The summed E-state index contributed by atoms with van der Waals surface area (Å²) < 4.78 is 0. The van der Waals surface area contributed by atoms with Gasteiger partial charge < -0.3 is 15.5 Å². The molecule has 4 aliphatic carbocycles. The number of benzene rings is 1. The summed E-state index contributed by atoms with van der Waals surface area (Å²) in [6.45, 7) is 3.21. The van der Waals surface area contributed by atoms with Gasteiger partial charge in [0, 0.05) is 30.7 Å². The number of hydrogen-bond acceptors (Lipinski definition) is 2. The minimum Gasteiger partial charge on any atom is -0.334 e. The van der Waals surface area contributed by atoms with Crippen LogP contribution in [-0.4, -0.2) is 24.0 Å². The van der Waals surface area contributed by atoms with Crippen molar-refractivity contribution in [2.75, 3.05) is 11.4 Å². The van der Waals surface area contributed by atoms with Gasteiger partial charge in [-0.05, 0) is 79.9 Å². The van der Waals surface area contributed by atoms with Crippen molar-refractivity contribution in [2.45, 2.75) is 70.4 Å². The highest BCUT2D eigenvalue weighted by Gasteiger charge is 2.51. The first-order valence-corrected chi connectivity index (χ1v) is 11.0. The van der Waals surface area contributed by atoms with E-state index in [9.17, 15) is 9.59 Å². The van der Waals surface area contributed by atoms with Crippen LogP contribution >= 0.6 is 0 Å². The van der Waals surface area contributed by atoms with Crippen molar-refractivity contribution in [3.63, 3.8) is 0 Å². The highest BCUT2D eigenvalue weighted by Crippen LogP contribution is 2.55. The Bertz CT molecular complexity index is 768. The largest absolute Gasteiger partial charge is 0.334 e. The van der Waals surface area contributed by atoms with Gasteiger partial charge in [0.1, 0.15) is 0 Å². The van der Waals surface area contributed by atoms with Gasteiger partial charge in [-0.3, -0.25) is 4.79 Å². The zero-order valence-electron chi connectivity index (χ0n) is 16.8. The van der Waals surface area contributed by atoms with Crippen molar-refractivity contribution in [1.29, 1.82) is 0 Å². The first-order chi connectivity index (χ1) is 13.5. The lowest BCUT2D eigenvalue weighted by Gasteiger charge is -2.56. The van der Waals surface area contributed by atoms with Gasteiger partial charge >= 0.3 is 6.03 Å². The van der Waals surface area contributed by atoms with Crippen LogP contribution in [0, 0.1) is 17.8 Å². The number of hydrogen-bond donors (Lipinski definition) is 2. The van der Waals surface area contributed by atoms with Crippen LogP contribution in [0.5, 0.6) is 0 Å². The second kappa shape index (κ2) is 6.78. The zero-order valence-corrected chi connectivity index (χ0v) is 16.8. The van der Waals surface area contributed by atoms with Crippen LogP contribution in [0.4, 0.5) is 10.5 Å². The van der Waals surface area contributed by atoms with E-state index in [0.717, 1.165) is 42.0 Å². The smallest absolute Gasteiger partial charge is 0.315 e. The molecule has 1 aliphatic heterocycles. The number of urea groups is 1. The van der Waals surface area contributed by atoms with Gasteiger partial charge in [-0.1, -0.05) is 19.1 Å². The number of rotatable bonds is 4. The van der Waals surface area contributed by atoms with Crippen LogP contribution in [-0.2, 0) is 17.8 Å². The van der Waals surface area contributed by atoms with Crippen molar-refractivity contribution in [1.82, 2.24) is 10.6 Å². The standard InChI is InChI=1S/C23H31N3O2/c1-2-21(27)26-6-5-19-10-15(3-4-20(19)26)14-24-22(28)25-23-11-16-7-17(12-23)9-18(8-16)13-23/h3-4,10,16-18H,2,5-9,11-14H2,1H3,(H2,24,25,28). The molecule has 4 fully saturated rings. The van der Waals surface area contributed by atoms with E-state index in [-0.39, 0.29) is 17.5 Å². The summed E-state index contributed by atoms with van der Waals surface area (Å²) in [5.41, 5.74) is 3.40. The third-order valence-electron chi connectivity index (χ3n) is 7.51. The van der Waals surface area contributed by atoms with E-state index in [2.05, 4.69) is 16.7 Å². The number of carbonyl (C=O) groups excluding carboxylic acids is 2. The summed E-state index contributed by atoms with van der Waals surface area (Å²) in [5.74, 6) is 2.67. The maximum absolute atomic E-state index is 12.6. The predicted octanol–water partition coefficient (Wildman–Crippen LogP) is 3.75. The molecule has 3 amide bonds. The maximum Gasteiger partial charge on any atom is 0.315 e. The molecule has 4 bridgehead atoms. The minimum absolute atomic E-state index is 0.0229. The van der Waals surface area contributed by atoms with Crippen LogP contribution in [0.15, 0.2) is 18.2 Å². The van der Waals surface area contributed by atoms with E-state index >= 15 is 0 Å². The maximum atomic E-state index is 12.6. The Balaban J connectivity index is 1.19. The fourth-order valence-corrected chi connectivity index (χ4v) is 6.75. The molecule has 0 atom stereocenters. The van der Waals surface area contributed by atoms with Gasteiger partial charge in [-0.15, -0.1) is 0 Å². The summed E-state index contributed by atoms with van der Waals surface area (Å²) in [4.78, 5) is 26.6. The van der Waals surface area contributed by atoms with Crippen LogP contribution in [0.25, 0.3) is 0 Å². The lowest BCUT2D eigenvalue weighted by molar-refractivity contribution is -0.118.